The van der Waals surface area contributed by atoms with Gasteiger partial charge in [0, 0.05) is 28.2 Å². The normalized spacial score (nSPS) is 17.4. The molecular weight excluding hydrogens is 523 g/mol. The number of halogens is 2. The quantitative estimate of drug-likeness (QED) is 0.389. The minimum absolute atomic E-state index is 0.106. The van der Waals surface area contributed by atoms with E-state index in [2.05, 4.69) is 9.97 Å². The maximum Gasteiger partial charge on any atom is 0.260 e. The molecule has 1 aliphatic rings. The van der Waals surface area contributed by atoms with Crippen molar-refractivity contribution in [2.75, 3.05) is 10.6 Å². The third-order valence-corrected chi connectivity index (χ3v) is 7.39. The number of aromatic nitrogens is 3. The summed E-state index contributed by atoms with van der Waals surface area (Å²) in [4.78, 5) is 23.5. The van der Waals surface area contributed by atoms with Crippen LogP contribution < -0.4 is 15.8 Å². The van der Waals surface area contributed by atoms with Gasteiger partial charge in [0.2, 0.25) is 5.95 Å². The molecule has 1 aliphatic heterocycles. The number of hydrogen-bond donors (Lipinski definition) is 2. The molecule has 0 saturated carbocycles. The monoisotopic (exact) mass is 542 g/mol. The highest BCUT2D eigenvalue weighted by molar-refractivity contribution is 7.89. The Morgan fingerprint density at radius 2 is 1.58 bits per heavy atom. The maximum absolute atomic E-state index is 13.9. The molecular formula is C24H20Cl2N6O3S. The largest absolute Gasteiger partial charge is 0.384 e. The molecule has 0 radical (unpaired) electrons. The van der Waals surface area contributed by atoms with Crippen molar-refractivity contribution in [1.29, 1.82) is 0 Å². The summed E-state index contributed by atoms with van der Waals surface area (Å²) in [6.45, 7) is 1.65. The minimum Gasteiger partial charge on any atom is -0.384 e. The molecule has 12 heteroatoms. The first-order valence-electron chi connectivity index (χ1n) is 10.7. The molecule has 4 aromatic rings. The fraction of sp³-hybridized carbons (Fsp3) is 0.125. The number of carbonyl (C=O) groups excluding carboxylic acids is 1. The number of carbonyl (C=O) groups is 1. The van der Waals surface area contributed by atoms with Crippen molar-refractivity contribution in [2.24, 2.45) is 5.14 Å². The average molecular weight is 543 g/mol. The molecule has 4 N–H and O–H groups in total. The lowest BCUT2D eigenvalue weighted by molar-refractivity contribution is -0.124. The number of benzene rings is 2. The molecule has 3 heterocycles. The van der Waals surface area contributed by atoms with Gasteiger partial charge in [-0.1, -0.05) is 47.5 Å². The summed E-state index contributed by atoms with van der Waals surface area (Å²) in [7, 11) is -4.19. The number of nitrogens with zero attached hydrogens (tertiary/aromatic N) is 4. The van der Waals surface area contributed by atoms with E-state index in [1.165, 1.54) is 15.5 Å². The van der Waals surface area contributed by atoms with E-state index in [4.69, 9.17) is 34.1 Å². The zero-order chi connectivity index (χ0) is 25.8. The van der Waals surface area contributed by atoms with Crippen molar-refractivity contribution in [2.45, 2.75) is 23.9 Å². The number of pyridine rings is 1. The third-order valence-electron chi connectivity index (χ3n) is 6.09. The summed E-state index contributed by atoms with van der Waals surface area (Å²) in [6, 6.07) is 15.8. The van der Waals surface area contributed by atoms with Crippen LogP contribution in [0, 0.1) is 0 Å². The lowest BCUT2D eigenvalue weighted by Crippen LogP contribution is -2.42. The van der Waals surface area contributed by atoms with E-state index in [0.717, 1.165) is 22.9 Å². The lowest BCUT2D eigenvalue weighted by Gasteiger charge is -2.26. The summed E-state index contributed by atoms with van der Waals surface area (Å²) in [5, 5.41) is 5.85. The topological polar surface area (TPSA) is 137 Å². The SMILES string of the molecule is C[C@@]1(Cc2ccc(-c3ccc(N)nc3)cc2)C(=O)N(c2cc(Cl)cc(Cl)c2)c2ncc(S(N)(=O)=O)n21. The van der Waals surface area contributed by atoms with Gasteiger partial charge >= 0.3 is 0 Å². The first-order chi connectivity index (χ1) is 17.0. The van der Waals surface area contributed by atoms with Crippen molar-refractivity contribution in [3.63, 3.8) is 0 Å². The van der Waals surface area contributed by atoms with Gasteiger partial charge in [-0.15, -0.1) is 0 Å². The van der Waals surface area contributed by atoms with Crippen molar-refractivity contribution >= 4 is 56.6 Å². The summed E-state index contributed by atoms with van der Waals surface area (Å²) < 4.78 is 26.2. The van der Waals surface area contributed by atoms with Crippen LogP contribution >= 0.6 is 23.2 Å². The van der Waals surface area contributed by atoms with Crippen LogP contribution in [0.25, 0.3) is 11.1 Å². The molecule has 36 heavy (non-hydrogen) atoms. The van der Waals surface area contributed by atoms with Gasteiger partial charge in [-0.05, 0) is 48.4 Å². The number of rotatable bonds is 5. The molecule has 0 unspecified atom stereocenters. The van der Waals surface area contributed by atoms with Gasteiger partial charge in [0.25, 0.3) is 15.9 Å². The molecule has 0 fully saturated rings. The molecule has 0 saturated heterocycles. The van der Waals surface area contributed by atoms with Crippen molar-refractivity contribution in [3.05, 3.63) is 82.6 Å². The van der Waals surface area contributed by atoms with Crippen LogP contribution in [0.2, 0.25) is 10.0 Å². The highest BCUT2D eigenvalue weighted by atomic mass is 35.5. The number of sulfonamides is 1. The van der Waals surface area contributed by atoms with E-state index < -0.39 is 21.5 Å². The van der Waals surface area contributed by atoms with Gasteiger partial charge in [-0.25, -0.2) is 28.4 Å². The van der Waals surface area contributed by atoms with Gasteiger partial charge < -0.3 is 5.73 Å². The minimum atomic E-state index is -4.19. The van der Waals surface area contributed by atoms with Gasteiger partial charge in [0.05, 0.1) is 11.9 Å². The highest BCUT2D eigenvalue weighted by Crippen LogP contribution is 2.44. The molecule has 0 spiro atoms. The van der Waals surface area contributed by atoms with E-state index in [0.29, 0.717) is 21.6 Å². The van der Waals surface area contributed by atoms with Crippen molar-refractivity contribution in [1.82, 2.24) is 14.5 Å². The Bertz CT molecular complexity index is 1580. The molecule has 9 nitrogen and oxygen atoms in total. The molecule has 1 atom stereocenters. The highest BCUT2D eigenvalue weighted by Gasteiger charge is 2.51. The fourth-order valence-corrected chi connectivity index (χ4v) is 5.67. The summed E-state index contributed by atoms with van der Waals surface area (Å²) in [5.41, 5.74) is 7.27. The predicted molar refractivity (Wildman–Crippen MR) is 139 cm³/mol. The van der Waals surface area contributed by atoms with Gasteiger partial charge in [-0.3, -0.25) is 9.36 Å². The maximum atomic E-state index is 13.9. The van der Waals surface area contributed by atoms with Crippen LogP contribution in [0.1, 0.15) is 12.5 Å². The Labute approximate surface area is 217 Å². The Balaban J connectivity index is 1.58. The number of anilines is 3. The van der Waals surface area contributed by atoms with E-state index in [9.17, 15) is 13.2 Å². The van der Waals surface area contributed by atoms with Crippen molar-refractivity contribution in [3.8, 4) is 11.1 Å². The van der Waals surface area contributed by atoms with E-state index >= 15 is 0 Å². The summed E-state index contributed by atoms with van der Waals surface area (Å²) >= 11 is 12.4. The Hall–Kier alpha value is -3.44. The number of nitrogens with two attached hydrogens (primary N) is 2. The second kappa shape index (κ2) is 8.59. The van der Waals surface area contributed by atoms with Gasteiger partial charge in [-0.2, -0.15) is 0 Å². The number of imidazole rings is 1. The van der Waals surface area contributed by atoms with Crippen molar-refractivity contribution < 1.29 is 13.2 Å². The van der Waals surface area contributed by atoms with Gasteiger partial charge in [0.15, 0.2) is 5.03 Å². The van der Waals surface area contributed by atoms with E-state index in [1.54, 1.807) is 31.3 Å². The van der Waals surface area contributed by atoms with Crippen LogP contribution in [0.4, 0.5) is 17.5 Å². The molecule has 184 valence electrons. The zero-order valence-electron chi connectivity index (χ0n) is 18.9. The van der Waals surface area contributed by atoms with E-state index in [-0.39, 0.29) is 17.4 Å². The fourth-order valence-electron chi connectivity index (χ4n) is 4.42. The molecule has 2 aromatic heterocycles. The number of amides is 1. The van der Waals surface area contributed by atoms with Crippen LogP contribution in [-0.4, -0.2) is 28.9 Å². The number of fused-ring (bicyclic) bond motifs is 1. The summed E-state index contributed by atoms with van der Waals surface area (Å²) in [6.07, 6.45) is 2.99. The Kier molecular flexibility index (Phi) is 5.79. The first-order valence-corrected chi connectivity index (χ1v) is 13.0. The summed E-state index contributed by atoms with van der Waals surface area (Å²) in [5.74, 6) is 0.130. The molecule has 1 amide bonds. The van der Waals surface area contributed by atoms with Crippen LogP contribution in [0.3, 0.4) is 0 Å². The first kappa shape index (κ1) is 24.3. The molecule has 2 aromatic carbocycles. The molecule has 5 rings (SSSR count). The molecule has 0 aliphatic carbocycles. The van der Waals surface area contributed by atoms with Crippen LogP contribution in [-0.2, 0) is 26.8 Å². The third kappa shape index (κ3) is 4.11. The van der Waals surface area contributed by atoms with Gasteiger partial charge in [0.1, 0.15) is 11.4 Å². The average Bonchev–Trinajstić information content (AvgIpc) is 3.33. The smallest absolute Gasteiger partial charge is 0.260 e. The second-order valence-electron chi connectivity index (χ2n) is 8.66. The number of nitrogen functional groups attached to an aromatic ring is 1. The number of primary sulfonamides is 1. The molecule has 0 bridgehead atoms. The lowest BCUT2D eigenvalue weighted by atomic mass is 9.91. The predicted octanol–water partition coefficient (Wildman–Crippen LogP) is 4.12. The van der Waals surface area contributed by atoms with E-state index in [1.807, 2.05) is 30.3 Å². The standard InChI is InChI=1S/C24H20Cl2N6O3S/c1-24(11-14-2-4-15(5-3-14)16-6-7-20(27)29-12-16)22(33)31(19-9-17(25)8-18(26)10-19)23-30-13-21(32(23)24)36(28,34)35/h2-10,12-13H,11H2,1H3,(H2,27,29)(H2,28,34,35)/t24-/m1/s1. The van der Waals surface area contributed by atoms with Crippen LogP contribution in [0.5, 0.6) is 0 Å². The Morgan fingerprint density at radius 1 is 0.944 bits per heavy atom. The van der Waals surface area contributed by atoms with Crippen LogP contribution in [0.15, 0.2) is 72.0 Å². The Morgan fingerprint density at radius 3 is 2.17 bits per heavy atom. The zero-order valence-corrected chi connectivity index (χ0v) is 21.2. The second-order valence-corrected chi connectivity index (χ2v) is 11.0. The number of hydrogen-bond acceptors (Lipinski definition) is 6.